The Labute approximate surface area is 151 Å². The molecule has 1 amide bonds. The van der Waals surface area contributed by atoms with E-state index in [0.29, 0.717) is 12.7 Å². The number of hydrogen-bond donors (Lipinski definition) is 2. The number of halogens is 1. The minimum absolute atomic E-state index is 0. The van der Waals surface area contributed by atoms with Crippen LogP contribution in [0.25, 0.3) is 0 Å². The van der Waals surface area contributed by atoms with Gasteiger partial charge < -0.3 is 15.4 Å². The first kappa shape index (κ1) is 19.2. The topological polar surface area (TPSA) is 50.4 Å². The molecule has 1 saturated carbocycles. The Kier molecular flexibility index (Phi) is 8.03. The predicted molar refractivity (Wildman–Crippen MR) is 99.6 cm³/mol. The molecule has 2 aliphatic rings. The van der Waals surface area contributed by atoms with Crippen molar-refractivity contribution in [1.29, 1.82) is 0 Å². The normalized spacial score (nSPS) is 21.8. The second-order valence-electron chi connectivity index (χ2n) is 6.80. The lowest BCUT2D eigenvalue weighted by Crippen LogP contribution is -2.37. The van der Waals surface area contributed by atoms with Crippen LogP contribution < -0.4 is 10.6 Å². The zero-order chi connectivity index (χ0) is 15.9. The molecule has 0 radical (unpaired) electrons. The largest absolute Gasteiger partial charge is 0.374 e. The maximum absolute atomic E-state index is 12.3. The van der Waals surface area contributed by atoms with Crippen molar-refractivity contribution in [3.8, 4) is 0 Å². The van der Waals surface area contributed by atoms with Crippen molar-refractivity contribution < 1.29 is 9.53 Å². The van der Waals surface area contributed by atoms with Gasteiger partial charge in [-0.2, -0.15) is 0 Å². The molecule has 5 heteroatoms. The standard InChI is InChI=1S/C19H28N2O2.ClH/c22-19(16-7-5-11-20-13-16)21-17-8-4-6-15(12-17)14-23-18-9-2-1-3-10-18;/h4,6,8,12,16,18,20H,1-3,5,7,9-11,13-14H2,(H,21,22);1H. The van der Waals surface area contributed by atoms with E-state index < -0.39 is 0 Å². The number of ether oxygens (including phenoxy) is 1. The predicted octanol–water partition coefficient (Wildman–Crippen LogP) is 3.90. The van der Waals surface area contributed by atoms with Crippen LogP contribution in [0.2, 0.25) is 0 Å². The van der Waals surface area contributed by atoms with E-state index in [1.165, 1.54) is 32.1 Å². The zero-order valence-corrected chi connectivity index (χ0v) is 15.1. The molecule has 1 heterocycles. The number of benzene rings is 1. The highest BCUT2D eigenvalue weighted by molar-refractivity contribution is 5.92. The quantitative estimate of drug-likeness (QED) is 0.845. The molecule has 1 unspecified atom stereocenters. The third-order valence-electron chi connectivity index (χ3n) is 4.90. The zero-order valence-electron chi connectivity index (χ0n) is 14.3. The molecule has 1 aromatic carbocycles. The maximum atomic E-state index is 12.3. The van der Waals surface area contributed by atoms with Gasteiger partial charge in [0.2, 0.25) is 5.91 Å². The number of anilines is 1. The summed E-state index contributed by atoms with van der Waals surface area (Å²) in [6.07, 6.45) is 8.76. The number of carbonyl (C=O) groups is 1. The smallest absolute Gasteiger partial charge is 0.228 e. The molecule has 24 heavy (non-hydrogen) atoms. The van der Waals surface area contributed by atoms with E-state index >= 15 is 0 Å². The number of nitrogens with one attached hydrogen (secondary N) is 2. The fraction of sp³-hybridized carbons (Fsp3) is 0.632. The summed E-state index contributed by atoms with van der Waals surface area (Å²) in [5.41, 5.74) is 2.01. The molecular formula is C19H29ClN2O2. The molecule has 134 valence electrons. The molecular weight excluding hydrogens is 324 g/mol. The number of piperidine rings is 1. The number of rotatable bonds is 5. The molecule has 3 rings (SSSR count). The van der Waals surface area contributed by atoms with Gasteiger partial charge in [0, 0.05) is 12.2 Å². The van der Waals surface area contributed by atoms with E-state index in [4.69, 9.17) is 4.74 Å². The lowest BCUT2D eigenvalue weighted by molar-refractivity contribution is -0.120. The second kappa shape index (κ2) is 10.0. The summed E-state index contributed by atoms with van der Waals surface area (Å²) in [6, 6.07) is 8.06. The number of amides is 1. The third-order valence-corrected chi connectivity index (χ3v) is 4.90. The van der Waals surface area contributed by atoms with E-state index in [1.807, 2.05) is 18.2 Å². The average Bonchev–Trinajstić information content (AvgIpc) is 2.62. The summed E-state index contributed by atoms with van der Waals surface area (Å²) in [4.78, 5) is 12.3. The van der Waals surface area contributed by atoms with Crippen molar-refractivity contribution in [1.82, 2.24) is 5.32 Å². The van der Waals surface area contributed by atoms with Gasteiger partial charge in [0.15, 0.2) is 0 Å². The van der Waals surface area contributed by atoms with Gasteiger partial charge >= 0.3 is 0 Å². The van der Waals surface area contributed by atoms with E-state index in [2.05, 4.69) is 16.7 Å². The molecule has 2 fully saturated rings. The lowest BCUT2D eigenvalue weighted by atomic mass is 9.98. The van der Waals surface area contributed by atoms with E-state index in [9.17, 15) is 4.79 Å². The van der Waals surface area contributed by atoms with Gasteiger partial charge in [-0.25, -0.2) is 0 Å². The van der Waals surface area contributed by atoms with Crippen molar-refractivity contribution in [3.05, 3.63) is 29.8 Å². The van der Waals surface area contributed by atoms with Crippen LogP contribution in [0.5, 0.6) is 0 Å². The Morgan fingerprint density at radius 2 is 2.00 bits per heavy atom. The summed E-state index contributed by atoms with van der Waals surface area (Å²) in [6.45, 7) is 2.45. The van der Waals surface area contributed by atoms with Gasteiger partial charge in [0.25, 0.3) is 0 Å². The summed E-state index contributed by atoms with van der Waals surface area (Å²) in [7, 11) is 0. The van der Waals surface area contributed by atoms with Gasteiger partial charge in [0.05, 0.1) is 18.6 Å². The first-order valence-corrected chi connectivity index (χ1v) is 9.03. The van der Waals surface area contributed by atoms with Gasteiger partial charge in [-0.05, 0) is 49.9 Å². The fourth-order valence-corrected chi connectivity index (χ4v) is 3.50. The average molecular weight is 353 g/mol. The highest BCUT2D eigenvalue weighted by Crippen LogP contribution is 2.22. The third kappa shape index (κ3) is 5.76. The molecule has 0 spiro atoms. The summed E-state index contributed by atoms with van der Waals surface area (Å²) < 4.78 is 6.02. The highest BCUT2D eigenvalue weighted by Gasteiger charge is 2.21. The first-order chi connectivity index (χ1) is 11.3. The van der Waals surface area contributed by atoms with Crippen molar-refractivity contribution in [2.24, 2.45) is 5.92 Å². The number of hydrogen-bond acceptors (Lipinski definition) is 3. The van der Waals surface area contributed by atoms with Gasteiger partial charge in [-0.1, -0.05) is 31.4 Å². The van der Waals surface area contributed by atoms with Crippen molar-refractivity contribution in [2.45, 2.75) is 57.7 Å². The Bertz CT molecular complexity index is 512. The molecule has 0 aromatic heterocycles. The van der Waals surface area contributed by atoms with Crippen LogP contribution in [0.15, 0.2) is 24.3 Å². The second-order valence-corrected chi connectivity index (χ2v) is 6.80. The minimum atomic E-state index is 0. The first-order valence-electron chi connectivity index (χ1n) is 9.03. The van der Waals surface area contributed by atoms with Crippen LogP contribution in [0.4, 0.5) is 5.69 Å². The molecule has 1 saturated heterocycles. The van der Waals surface area contributed by atoms with E-state index in [0.717, 1.165) is 37.2 Å². The maximum Gasteiger partial charge on any atom is 0.228 e. The fourth-order valence-electron chi connectivity index (χ4n) is 3.50. The number of carbonyl (C=O) groups excluding carboxylic acids is 1. The van der Waals surface area contributed by atoms with E-state index in [1.54, 1.807) is 0 Å². The van der Waals surface area contributed by atoms with Crippen molar-refractivity contribution >= 4 is 24.0 Å². The highest BCUT2D eigenvalue weighted by atomic mass is 35.5. The molecule has 1 atom stereocenters. The summed E-state index contributed by atoms with van der Waals surface area (Å²) in [5.74, 6) is 0.216. The lowest BCUT2D eigenvalue weighted by Gasteiger charge is -2.23. The molecule has 2 N–H and O–H groups in total. The Morgan fingerprint density at radius 1 is 1.17 bits per heavy atom. The summed E-state index contributed by atoms with van der Waals surface area (Å²) in [5, 5.41) is 6.34. The minimum Gasteiger partial charge on any atom is -0.374 e. The Morgan fingerprint density at radius 3 is 2.75 bits per heavy atom. The van der Waals surface area contributed by atoms with Crippen LogP contribution in [-0.4, -0.2) is 25.1 Å². The molecule has 1 aliphatic carbocycles. The van der Waals surface area contributed by atoms with Crippen molar-refractivity contribution in [2.75, 3.05) is 18.4 Å². The van der Waals surface area contributed by atoms with Gasteiger partial charge in [-0.3, -0.25) is 4.79 Å². The van der Waals surface area contributed by atoms with Crippen molar-refractivity contribution in [3.63, 3.8) is 0 Å². The van der Waals surface area contributed by atoms with Crippen LogP contribution in [0.3, 0.4) is 0 Å². The van der Waals surface area contributed by atoms with E-state index in [-0.39, 0.29) is 24.2 Å². The SMILES string of the molecule is Cl.O=C(Nc1cccc(COC2CCCCC2)c1)C1CCCNC1. The molecule has 4 nitrogen and oxygen atoms in total. The molecule has 0 bridgehead atoms. The Hall–Kier alpha value is -1.10. The van der Waals surface area contributed by atoms with Gasteiger partial charge in [0.1, 0.15) is 0 Å². The van der Waals surface area contributed by atoms with Gasteiger partial charge in [-0.15, -0.1) is 12.4 Å². The monoisotopic (exact) mass is 352 g/mol. The van der Waals surface area contributed by atoms with Crippen LogP contribution >= 0.6 is 12.4 Å². The van der Waals surface area contributed by atoms with Crippen LogP contribution in [0, 0.1) is 5.92 Å². The molecule has 1 aliphatic heterocycles. The van der Waals surface area contributed by atoms with Crippen LogP contribution in [-0.2, 0) is 16.1 Å². The van der Waals surface area contributed by atoms with Crippen LogP contribution in [0.1, 0.15) is 50.5 Å². The Balaban J connectivity index is 0.00000208. The molecule has 1 aromatic rings. The summed E-state index contributed by atoms with van der Waals surface area (Å²) >= 11 is 0.